The van der Waals surface area contributed by atoms with Gasteiger partial charge in [0.15, 0.2) is 0 Å². The molecule has 1 fully saturated rings. The maximum absolute atomic E-state index is 5.91. The number of nitrogens with two attached hydrogens (primary N) is 1. The van der Waals surface area contributed by atoms with E-state index in [2.05, 4.69) is 12.2 Å². The Hall–Kier alpha value is -1.38. The quantitative estimate of drug-likeness (QED) is 0.779. The van der Waals surface area contributed by atoms with Gasteiger partial charge < -0.3 is 15.8 Å². The van der Waals surface area contributed by atoms with Crippen molar-refractivity contribution in [3.05, 3.63) is 18.2 Å². The maximum atomic E-state index is 5.91. The van der Waals surface area contributed by atoms with E-state index in [-0.39, 0.29) is 0 Å². The van der Waals surface area contributed by atoms with Crippen LogP contribution < -0.4 is 15.8 Å². The molecule has 1 aliphatic carbocycles. The zero-order valence-electron chi connectivity index (χ0n) is 11.2. The topological polar surface area (TPSA) is 47.3 Å². The van der Waals surface area contributed by atoms with E-state index in [1.807, 2.05) is 18.2 Å². The van der Waals surface area contributed by atoms with Gasteiger partial charge in [0, 0.05) is 17.8 Å². The zero-order valence-corrected chi connectivity index (χ0v) is 11.2. The Morgan fingerprint density at radius 1 is 1.28 bits per heavy atom. The lowest BCUT2D eigenvalue weighted by Gasteiger charge is -2.24. The molecule has 0 radical (unpaired) electrons. The first kappa shape index (κ1) is 13.1. The maximum Gasteiger partial charge on any atom is 0.144 e. The summed E-state index contributed by atoms with van der Waals surface area (Å²) in [6, 6.07) is 6.61. The molecule has 0 spiro atoms. The third-order valence-corrected chi connectivity index (χ3v) is 3.45. The number of hydrogen-bond acceptors (Lipinski definition) is 3. The molecule has 1 aliphatic rings. The van der Waals surface area contributed by atoms with Gasteiger partial charge in [-0.1, -0.05) is 26.2 Å². The Bertz CT molecular complexity index is 373. The van der Waals surface area contributed by atoms with Crippen LogP contribution in [-0.2, 0) is 0 Å². The Kier molecular flexibility index (Phi) is 4.73. The minimum atomic E-state index is 0.612. The van der Waals surface area contributed by atoms with Gasteiger partial charge >= 0.3 is 0 Å². The lowest BCUT2D eigenvalue weighted by atomic mass is 9.95. The van der Waals surface area contributed by atoms with E-state index in [1.54, 1.807) is 0 Å². The second-order valence-corrected chi connectivity index (χ2v) is 5.08. The van der Waals surface area contributed by atoms with Gasteiger partial charge in [-0.3, -0.25) is 0 Å². The van der Waals surface area contributed by atoms with Crippen LogP contribution in [0.25, 0.3) is 0 Å². The summed E-state index contributed by atoms with van der Waals surface area (Å²) in [5.41, 5.74) is 7.76. The molecule has 0 aliphatic heterocycles. The molecule has 1 aromatic rings. The molecule has 1 saturated carbocycles. The molecule has 0 heterocycles. The van der Waals surface area contributed by atoms with Gasteiger partial charge in [-0.05, 0) is 31.4 Å². The van der Waals surface area contributed by atoms with E-state index in [0.717, 1.165) is 30.2 Å². The highest BCUT2D eigenvalue weighted by atomic mass is 16.5. The van der Waals surface area contributed by atoms with Crippen LogP contribution >= 0.6 is 0 Å². The first-order valence-corrected chi connectivity index (χ1v) is 7.08. The van der Waals surface area contributed by atoms with E-state index in [9.17, 15) is 0 Å². The lowest BCUT2D eigenvalue weighted by molar-refractivity contribution is 0.319. The number of hydrogen-bond donors (Lipinski definition) is 2. The van der Waals surface area contributed by atoms with Gasteiger partial charge in [-0.2, -0.15) is 0 Å². The van der Waals surface area contributed by atoms with E-state index in [4.69, 9.17) is 10.5 Å². The molecule has 18 heavy (non-hydrogen) atoms. The van der Waals surface area contributed by atoms with Crippen LogP contribution in [-0.4, -0.2) is 12.6 Å². The highest BCUT2D eigenvalue weighted by Gasteiger charge is 2.13. The fourth-order valence-corrected chi connectivity index (χ4v) is 2.44. The fraction of sp³-hybridized carbons (Fsp3) is 0.600. The molecule has 100 valence electrons. The Labute approximate surface area is 110 Å². The van der Waals surface area contributed by atoms with E-state index >= 15 is 0 Å². The average Bonchev–Trinajstić information content (AvgIpc) is 2.40. The molecular weight excluding hydrogens is 224 g/mol. The predicted molar refractivity (Wildman–Crippen MR) is 77.1 cm³/mol. The van der Waals surface area contributed by atoms with E-state index in [1.165, 1.54) is 32.1 Å². The van der Waals surface area contributed by atoms with Gasteiger partial charge in [0.05, 0.1) is 12.3 Å². The molecule has 0 unspecified atom stereocenters. The molecule has 1 aromatic carbocycles. The molecule has 0 aromatic heterocycles. The van der Waals surface area contributed by atoms with Crippen molar-refractivity contribution in [2.24, 2.45) is 0 Å². The predicted octanol–water partition coefficient (Wildman–Crippen LogP) is 3.80. The van der Waals surface area contributed by atoms with Crippen molar-refractivity contribution in [1.82, 2.24) is 0 Å². The summed E-state index contributed by atoms with van der Waals surface area (Å²) in [5, 5.41) is 3.59. The van der Waals surface area contributed by atoms with Gasteiger partial charge in [-0.15, -0.1) is 0 Å². The van der Waals surface area contributed by atoms with Crippen molar-refractivity contribution in [2.75, 3.05) is 17.7 Å². The molecule has 3 heteroatoms. The summed E-state index contributed by atoms with van der Waals surface area (Å²) in [6.45, 7) is 2.82. The summed E-state index contributed by atoms with van der Waals surface area (Å²) < 4.78 is 5.65. The minimum Gasteiger partial charge on any atom is -0.491 e. The summed E-state index contributed by atoms with van der Waals surface area (Å²) in [5.74, 6) is 0.803. The number of ether oxygens (including phenoxy) is 1. The lowest BCUT2D eigenvalue weighted by Crippen LogP contribution is -2.22. The number of rotatable bonds is 5. The molecule has 0 saturated heterocycles. The van der Waals surface area contributed by atoms with Gasteiger partial charge in [-0.25, -0.2) is 0 Å². The van der Waals surface area contributed by atoms with Gasteiger partial charge in [0.2, 0.25) is 0 Å². The zero-order chi connectivity index (χ0) is 12.8. The average molecular weight is 248 g/mol. The number of nitrogen functional groups attached to an aromatic ring is 1. The molecule has 2 rings (SSSR count). The standard InChI is InChI=1S/C15H24N2O/c1-2-10-18-15-11-13(8-9-14(15)16)17-12-6-4-3-5-7-12/h8-9,11-12,17H,2-7,10,16H2,1H3. The van der Waals surface area contributed by atoms with Gasteiger partial charge in [0.1, 0.15) is 5.75 Å². The van der Waals surface area contributed by atoms with Crippen molar-refractivity contribution in [3.8, 4) is 5.75 Å². The first-order valence-electron chi connectivity index (χ1n) is 7.08. The molecule has 3 N–H and O–H groups in total. The normalized spacial score (nSPS) is 16.5. The van der Waals surface area contributed by atoms with Crippen LogP contribution in [0.15, 0.2) is 18.2 Å². The third kappa shape index (κ3) is 3.56. The van der Waals surface area contributed by atoms with Crippen molar-refractivity contribution < 1.29 is 4.74 Å². The fourth-order valence-electron chi connectivity index (χ4n) is 2.44. The largest absolute Gasteiger partial charge is 0.491 e. The highest BCUT2D eigenvalue weighted by Crippen LogP contribution is 2.28. The van der Waals surface area contributed by atoms with Crippen LogP contribution in [0.4, 0.5) is 11.4 Å². The van der Waals surface area contributed by atoms with Gasteiger partial charge in [0.25, 0.3) is 0 Å². The summed E-state index contributed by atoms with van der Waals surface area (Å²) >= 11 is 0. The SMILES string of the molecule is CCCOc1cc(NC2CCCCC2)ccc1N. The van der Waals surface area contributed by atoms with E-state index in [0.29, 0.717) is 6.04 Å². The highest BCUT2D eigenvalue weighted by molar-refractivity contribution is 5.61. The number of benzene rings is 1. The van der Waals surface area contributed by atoms with Crippen molar-refractivity contribution in [2.45, 2.75) is 51.5 Å². The molecule has 3 nitrogen and oxygen atoms in total. The summed E-state index contributed by atoms with van der Waals surface area (Å²) in [4.78, 5) is 0. The number of nitrogens with one attached hydrogen (secondary N) is 1. The van der Waals surface area contributed by atoms with Crippen molar-refractivity contribution in [1.29, 1.82) is 0 Å². The third-order valence-electron chi connectivity index (χ3n) is 3.45. The van der Waals surface area contributed by atoms with Crippen molar-refractivity contribution >= 4 is 11.4 Å². The Morgan fingerprint density at radius 3 is 2.78 bits per heavy atom. The van der Waals surface area contributed by atoms with E-state index < -0.39 is 0 Å². The van der Waals surface area contributed by atoms with Crippen LogP contribution in [0.3, 0.4) is 0 Å². The van der Waals surface area contributed by atoms with Crippen LogP contribution in [0.2, 0.25) is 0 Å². The summed E-state index contributed by atoms with van der Waals surface area (Å²) in [6.07, 6.45) is 7.60. The molecule has 0 bridgehead atoms. The Morgan fingerprint density at radius 2 is 2.06 bits per heavy atom. The van der Waals surface area contributed by atoms with Crippen LogP contribution in [0, 0.1) is 0 Å². The van der Waals surface area contributed by atoms with Crippen LogP contribution in [0.1, 0.15) is 45.4 Å². The summed E-state index contributed by atoms with van der Waals surface area (Å²) in [7, 11) is 0. The molecule has 0 amide bonds. The first-order chi connectivity index (χ1) is 8.79. The molecule has 0 atom stereocenters. The second-order valence-electron chi connectivity index (χ2n) is 5.08. The van der Waals surface area contributed by atoms with Crippen LogP contribution in [0.5, 0.6) is 5.75 Å². The Balaban J connectivity index is 1.99. The smallest absolute Gasteiger partial charge is 0.144 e. The monoisotopic (exact) mass is 248 g/mol. The second kappa shape index (κ2) is 6.53. The molecular formula is C15H24N2O. The number of anilines is 2. The van der Waals surface area contributed by atoms with Crippen molar-refractivity contribution in [3.63, 3.8) is 0 Å². The minimum absolute atomic E-state index is 0.612.